The fraction of sp³-hybridized carbons (Fsp3) is 0.458. The van der Waals surface area contributed by atoms with Gasteiger partial charge in [-0.25, -0.2) is 4.39 Å². The molecular weight excluding hydrogens is 425 g/mol. The number of nitrogens with one attached hydrogen (secondary N) is 2. The summed E-state index contributed by atoms with van der Waals surface area (Å²) in [5.74, 6) is -0.678. The van der Waals surface area contributed by atoms with Crippen molar-refractivity contribution in [3.63, 3.8) is 0 Å². The van der Waals surface area contributed by atoms with Gasteiger partial charge < -0.3 is 19.5 Å². The molecule has 3 aromatic rings. The zero-order valence-corrected chi connectivity index (χ0v) is 19.1. The first kappa shape index (κ1) is 21.6. The molecule has 9 heteroatoms. The highest BCUT2D eigenvalue weighted by Crippen LogP contribution is 2.42. The van der Waals surface area contributed by atoms with E-state index in [2.05, 4.69) is 15.2 Å². The summed E-state index contributed by atoms with van der Waals surface area (Å²) in [6, 6.07) is 4.61. The number of carbonyl (C=O) groups is 2. The molecule has 0 unspecified atom stereocenters. The van der Waals surface area contributed by atoms with E-state index in [0.717, 1.165) is 35.0 Å². The second-order valence-corrected chi connectivity index (χ2v) is 9.10. The Morgan fingerprint density at radius 1 is 1.30 bits per heavy atom. The van der Waals surface area contributed by atoms with E-state index in [0.29, 0.717) is 49.6 Å². The molecule has 3 heterocycles. The van der Waals surface area contributed by atoms with E-state index in [-0.39, 0.29) is 23.2 Å². The molecule has 0 bridgehead atoms. The third kappa shape index (κ3) is 3.70. The number of hydrogen-bond acceptors (Lipinski definition) is 4. The molecule has 1 saturated carbocycles. The Morgan fingerprint density at radius 2 is 2.09 bits per heavy atom. The maximum atomic E-state index is 13.8. The highest BCUT2D eigenvalue weighted by atomic mass is 19.1. The van der Waals surface area contributed by atoms with Crippen LogP contribution in [0.5, 0.6) is 0 Å². The van der Waals surface area contributed by atoms with Crippen molar-refractivity contribution in [2.75, 3.05) is 26.8 Å². The molecule has 0 spiro atoms. The predicted octanol–water partition coefficient (Wildman–Crippen LogP) is 3.18. The summed E-state index contributed by atoms with van der Waals surface area (Å²) < 4.78 is 19.4. The number of fused-ring (bicyclic) bond motifs is 2. The fourth-order valence-electron chi connectivity index (χ4n) is 4.69. The first-order valence-electron chi connectivity index (χ1n) is 11.3. The van der Waals surface area contributed by atoms with Gasteiger partial charge >= 0.3 is 0 Å². The summed E-state index contributed by atoms with van der Waals surface area (Å²) in [6.07, 6.45) is 2.41. The van der Waals surface area contributed by atoms with Gasteiger partial charge in [-0.05, 0) is 50.5 Å². The lowest BCUT2D eigenvalue weighted by atomic mass is 10.0. The van der Waals surface area contributed by atoms with Gasteiger partial charge in [-0.15, -0.1) is 0 Å². The average molecular weight is 454 g/mol. The molecule has 2 N–H and O–H groups in total. The molecule has 2 aromatic heterocycles. The lowest BCUT2D eigenvalue weighted by Gasteiger charge is -2.29. The molecule has 33 heavy (non-hydrogen) atoms. The Hall–Kier alpha value is -3.20. The van der Waals surface area contributed by atoms with Gasteiger partial charge in [-0.3, -0.25) is 14.7 Å². The number of nitrogens with zero attached hydrogens (tertiary/aromatic N) is 3. The Labute approximate surface area is 191 Å². The number of likely N-dealkylation sites (N-methyl/N-ethyl adjacent to an activating group) is 1. The molecule has 174 valence electrons. The zero-order valence-electron chi connectivity index (χ0n) is 19.1. The summed E-state index contributed by atoms with van der Waals surface area (Å²) in [5.41, 5.74) is 3.52. The number of aromatic amines is 2. The Balaban J connectivity index is 1.37. The summed E-state index contributed by atoms with van der Waals surface area (Å²) in [6.45, 7) is 5.69. The molecule has 8 nitrogen and oxygen atoms in total. The zero-order chi connectivity index (χ0) is 23.3. The molecule has 1 aromatic carbocycles. The molecule has 1 aliphatic carbocycles. The summed E-state index contributed by atoms with van der Waals surface area (Å²) in [7, 11) is 1.80. The number of aromatic nitrogens is 3. The number of halogens is 1. The number of hydrogen-bond donors (Lipinski definition) is 2. The first-order valence-corrected chi connectivity index (χ1v) is 11.3. The van der Waals surface area contributed by atoms with Crippen molar-refractivity contribution in [3.05, 3.63) is 52.2 Å². The Morgan fingerprint density at radius 3 is 2.82 bits per heavy atom. The van der Waals surface area contributed by atoms with Crippen LogP contribution in [0.3, 0.4) is 0 Å². The van der Waals surface area contributed by atoms with E-state index in [9.17, 15) is 14.0 Å². The van der Waals surface area contributed by atoms with Gasteiger partial charge in [0.25, 0.3) is 11.8 Å². The highest BCUT2D eigenvalue weighted by Gasteiger charge is 2.49. The first-order chi connectivity index (χ1) is 15.8. The number of amides is 2. The van der Waals surface area contributed by atoms with Crippen LogP contribution >= 0.6 is 0 Å². The number of rotatable bonds is 6. The molecule has 2 amide bonds. The SMILES string of the molecule is CCOCC1(N(C)C(=O)c2n[nH]c3c2CN(C(=O)c2cc4c(C)cc(F)cc4[nH]2)CC3)CC1. The topological polar surface area (TPSA) is 94.3 Å². The minimum atomic E-state index is -0.341. The van der Waals surface area contributed by atoms with Crippen molar-refractivity contribution in [2.45, 2.75) is 45.2 Å². The lowest BCUT2D eigenvalue weighted by molar-refractivity contribution is 0.0455. The van der Waals surface area contributed by atoms with E-state index in [4.69, 9.17) is 4.74 Å². The molecule has 0 radical (unpaired) electrons. The third-order valence-electron chi connectivity index (χ3n) is 6.98. The van der Waals surface area contributed by atoms with Gasteiger partial charge in [-0.1, -0.05) is 0 Å². The van der Waals surface area contributed by atoms with Crippen molar-refractivity contribution in [2.24, 2.45) is 0 Å². The quantitative estimate of drug-likeness (QED) is 0.599. The minimum Gasteiger partial charge on any atom is -0.379 e. The van der Waals surface area contributed by atoms with Crippen LogP contribution in [0.2, 0.25) is 0 Å². The van der Waals surface area contributed by atoms with Gasteiger partial charge in [0.15, 0.2) is 5.69 Å². The summed E-state index contributed by atoms with van der Waals surface area (Å²) in [5, 5.41) is 8.14. The molecule has 0 atom stereocenters. The van der Waals surface area contributed by atoms with Crippen LogP contribution < -0.4 is 0 Å². The van der Waals surface area contributed by atoms with Crippen molar-refractivity contribution in [1.29, 1.82) is 0 Å². The normalized spacial score (nSPS) is 16.7. The summed E-state index contributed by atoms with van der Waals surface area (Å²) >= 11 is 0. The van der Waals surface area contributed by atoms with E-state index in [1.807, 2.05) is 13.8 Å². The number of carbonyl (C=O) groups excluding carboxylic acids is 2. The van der Waals surface area contributed by atoms with E-state index in [1.165, 1.54) is 12.1 Å². The van der Waals surface area contributed by atoms with Gasteiger partial charge in [-0.2, -0.15) is 5.10 Å². The smallest absolute Gasteiger partial charge is 0.274 e. The van der Waals surface area contributed by atoms with Crippen LogP contribution in [0.15, 0.2) is 18.2 Å². The second kappa shape index (κ2) is 7.98. The average Bonchev–Trinajstić information content (AvgIpc) is 3.27. The standard InChI is InChI=1S/C24H28FN5O3/c1-4-33-13-24(6-7-24)29(3)23(32)21-17-12-30(8-5-18(17)27-28-21)22(31)20-11-16-14(2)9-15(25)10-19(16)26-20/h9-11,26H,4-8,12-13H2,1-3H3,(H,27,28). The van der Waals surface area contributed by atoms with Gasteiger partial charge in [0.05, 0.1) is 18.7 Å². The van der Waals surface area contributed by atoms with Gasteiger partial charge in [0.2, 0.25) is 0 Å². The van der Waals surface area contributed by atoms with E-state index in [1.54, 1.807) is 22.9 Å². The van der Waals surface area contributed by atoms with E-state index >= 15 is 0 Å². The van der Waals surface area contributed by atoms with Crippen LogP contribution in [0.25, 0.3) is 10.9 Å². The van der Waals surface area contributed by atoms with Crippen molar-refractivity contribution >= 4 is 22.7 Å². The largest absolute Gasteiger partial charge is 0.379 e. The third-order valence-corrected chi connectivity index (χ3v) is 6.98. The van der Waals surface area contributed by atoms with Crippen molar-refractivity contribution in [3.8, 4) is 0 Å². The van der Waals surface area contributed by atoms with Gasteiger partial charge in [0.1, 0.15) is 11.5 Å². The molecule has 5 rings (SSSR count). The fourth-order valence-corrected chi connectivity index (χ4v) is 4.69. The minimum absolute atomic E-state index is 0.157. The van der Waals surface area contributed by atoms with Crippen LogP contribution in [0.4, 0.5) is 4.39 Å². The van der Waals surface area contributed by atoms with Crippen LogP contribution in [0.1, 0.15) is 57.6 Å². The maximum absolute atomic E-state index is 13.8. The predicted molar refractivity (Wildman–Crippen MR) is 121 cm³/mol. The van der Waals surface area contributed by atoms with Crippen LogP contribution in [0, 0.1) is 12.7 Å². The molecular formula is C24H28FN5O3. The van der Waals surface area contributed by atoms with E-state index < -0.39 is 0 Å². The van der Waals surface area contributed by atoms with Crippen LogP contribution in [-0.4, -0.2) is 69.1 Å². The number of benzene rings is 1. The monoisotopic (exact) mass is 453 g/mol. The molecule has 1 aliphatic heterocycles. The number of ether oxygens (including phenoxy) is 1. The Kier molecular flexibility index (Phi) is 5.23. The lowest BCUT2D eigenvalue weighted by Crippen LogP contribution is -2.43. The van der Waals surface area contributed by atoms with Crippen LogP contribution in [-0.2, 0) is 17.7 Å². The molecule has 1 fully saturated rings. The van der Waals surface area contributed by atoms with Crippen molar-refractivity contribution in [1.82, 2.24) is 25.0 Å². The van der Waals surface area contributed by atoms with Crippen molar-refractivity contribution < 1.29 is 18.7 Å². The highest BCUT2D eigenvalue weighted by molar-refractivity contribution is 5.99. The second-order valence-electron chi connectivity index (χ2n) is 9.10. The maximum Gasteiger partial charge on any atom is 0.274 e. The number of H-pyrrole nitrogens is 2. The Bertz CT molecular complexity index is 1240. The van der Waals surface area contributed by atoms with Gasteiger partial charge in [0, 0.05) is 48.8 Å². The molecule has 0 saturated heterocycles. The summed E-state index contributed by atoms with van der Waals surface area (Å²) in [4.78, 5) is 33.1. The molecule has 2 aliphatic rings. The number of aryl methyl sites for hydroxylation is 1.